The van der Waals surface area contributed by atoms with Gasteiger partial charge in [0, 0.05) is 5.56 Å². The van der Waals surface area contributed by atoms with E-state index in [1.807, 2.05) is 0 Å². The summed E-state index contributed by atoms with van der Waals surface area (Å²) in [5.41, 5.74) is 0.900. The van der Waals surface area contributed by atoms with E-state index < -0.39 is 0 Å². The third kappa shape index (κ3) is 3.26. The second kappa shape index (κ2) is 7.04. The predicted molar refractivity (Wildman–Crippen MR) is 85.5 cm³/mol. The lowest BCUT2D eigenvalue weighted by atomic mass is 10.1. The van der Waals surface area contributed by atoms with Crippen LogP contribution in [-0.2, 0) is 0 Å². The highest BCUT2D eigenvalue weighted by molar-refractivity contribution is 6.33. The van der Waals surface area contributed by atoms with Crippen LogP contribution >= 0.6 is 11.6 Å². The lowest BCUT2D eigenvalue weighted by molar-refractivity contribution is 0.102. The van der Waals surface area contributed by atoms with Crippen molar-refractivity contribution in [2.24, 2.45) is 0 Å². The van der Waals surface area contributed by atoms with E-state index >= 15 is 0 Å². The van der Waals surface area contributed by atoms with Gasteiger partial charge in [-0.15, -0.1) is 0 Å². The van der Waals surface area contributed by atoms with Crippen molar-refractivity contribution in [3.8, 4) is 17.2 Å². The van der Waals surface area contributed by atoms with Gasteiger partial charge < -0.3 is 19.5 Å². The van der Waals surface area contributed by atoms with Gasteiger partial charge in [-0.05, 0) is 24.3 Å². The first-order chi connectivity index (χ1) is 10.6. The molecule has 0 saturated heterocycles. The van der Waals surface area contributed by atoms with Crippen molar-refractivity contribution in [3.05, 3.63) is 47.0 Å². The Balaban J connectivity index is 2.36. The number of ether oxygens (including phenoxy) is 3. The molecule has 0 unspecified atom stereocenters. The first-order valence-electron chi connectivity index (χ1n) is 6.46. The van der Waals surface area contributed by atoms with Gasteiger partial charge in [-0.2, -0.15) is 0 Å². The maximum absolute atomic E-state index is 12.4. The van der Waals surface area contributed by atoms with Crippen molar-refractivity contribution in [2.45, 2.75) is 0 Å². The topological polar surface area (TPSA) is 56.8 Å². The summed E-state index contributed by atoms with van der Waals surface area (Å²) in [6, 6.07) is 10.2. The zero-order chi connectivity index (χ0) is 16.1. The third-order valence-corrected chi connectivity index (χ3v) is 3.38. The first kappa shape index (κ1) is 16.0. The minimum absolute atomic E-state index is 0.327. The molecule has 5 nitrogen and oxygen atoms in total. The molecular formula is C16H16ClNO4. The molecular weight excluding hydrogens is 306 g/mol. The fourth-order valence-electron chi connectivity index (χ4n) is 1.97. The van der Waals surface area contributed by atoms with E-state index in [9.17, 15) is 4.79 Å². The highest BCUT2D eigenvalue weighted by atomic mass is 35.5. The molecule has 0 fully saturated rings. The quantitative estimate of drug-likeness (QED) is 0.914. The van der Waals surface area contributed by atoms with Crippen LogP contribution in [0.25, 0.3) is 0 Å². The Morgan fingerprint density at radius 3 is 2.09 bits per heavy atom. The maximum atomic E-state index is 12.4. The normalized spacial score (nSPS) is 10.0. The molecule has 0 atom stereocenters. The predicted octanol–water partition coefficient (Wildman–Crippen LogP) is 3.62. The van der Waals surface area contributed by atoms with Crippen LogP contribution in [0.1, 0.15) is 10.4 Å². The Morgan fingerprint density at radius 1 is 1.00 bits per heavy atom. The molecule has 0 bridgehead atoms. The summed E-state index contributed by atoms with van der Waals surface area (Å²) in [5.74, 6) is 0.920. The monoisotopic (exact) mass is 321 g/mol. The molecule has 0 aliphatic rings. The molecule has 0 aliphatic heterocycles. The lowest BCUT2D eigenvalue weighted by Crippen LogP contribution is -2.13. The molecule has 0 spiro atoms. The largest absolute Gasteiger partial charge is 0.493 e. The van der Waals surface area contributed by atoms with Crippen LogP contribution in [0.2, 0.25) is 5.02 Å². The molecule has 22 heavy (non-hydrogen) atoms. The molecule has 0 aliphatic carbocycles. The van der Waals surface area contributed by atoms with Gasteiger partial charge in [-0.3, -0.25) is 4.79 Å². The maximum Gasteiger partial charge on any atom is 0.255 e. The molecule has 1 amide bonds. The van der Waals surface area contributed by atoms with Crippen LogP contribution in [0.5, 0.6) is 17.2 Å². The van der Waals surface area contributed by atoms with Crippen molar-refractivity contribution in [1.82, 2.24) is 0 Å². The van der Waals surface area contributed by atoms with Crippen LogP contribution in [0, 0.1) is 0 Å². The smallest absolute Gasteiger partial charge is 0.255 e. The summed E-state index contributed by atoms with van der Waals surface area (Å²) in [7, 11) is 4.49. The molecule has 1 N–H and O–H groups in total. The van der Waals surface area contributed by atoms with Crippen molar-refractivity contribution >= 4 is 23.2 Å². The van der Waals surface area contributed by atoms with E-state index in [0.717, 1.165) is 0 Å². The Bertz CT molecular complexity index is 663. The molecule has 6 heteroatoms. The number of benzene rings is 2. The molecule has 2 aromatic carbocycles. The summed E-state index contributed by atoms with van der Waals surface area (Å²) in [6.45, 7) is 0. The number of amides is 1. The van der Waals surface area contributed by atoms with Crippen LogP contribution in [0.3, 0.4) is 0 Å². The Labute approximate surface area is 133 Å². The van der Waals surface area contributed by atoms with E-state index in [2.05, 4.69) is 5.32 Å². The van der Waals surface area contributed by atoms with Crippen LogP contribution in [0.4, 0.5) is 5.69 Å². The second-order valence-electron chi connectivity index (χ2n) is 4.35. The zero-order valence-corrected chi connectivity index (χ0v) is 13.2. The van der Waals surface area contributed by atoms with Gasteiger partial charge in [0.15, 0.2) is 11.5 Å². The van der Waals surface area contributed by atoms with Crippen LogP contribution in [-0.4, -0.2) is 27.2 Å². The number of rotatable bonds is 5. The number of hydrogen-bond donors (Lipinski definition) is 1. The van der Waals surface area contributed by atoms with Gasteiger partial charge in [-0.1, -0.05) is 23.7 Å². The standard InChI is InChI=1S/C16H16ClNO4/c1-20-13-8-10(9-14(21-2)15(13)22-3)16(19)18-12-7-5-4-6-11(12)17/h4-9H,1-3H3,(H,18,19). The van der Waals surface area contributed by atoms with Gasteiger partial charge in [-0.25, -0.2) is 0 Å². The van der Waals surface area contributed by atoms with Crippen molar-refractivity contribution in [2.75, 3.05) is 26.6 Å². The summed E-state index contributed by atoms with van der Waals surface area (Å²) in [6.07, 6.45) is 0. The lowest BCUT2D eigenvalue weighted by Gasteiger charge is -2.14. The van der Waals surface area contributed by atoms with Crippen molar-refractivity contribution in [3.63, 3.8) is 0 Å². The Hall–Kier alpha value is -2.40. The molecule has 2 rings (SSSR count). The molecule has 116 valence electrons. The average Bonchev–Trinajstić information content (AvgIpc) is 2.55. The average molecular weight is 322 g/mol. The molecule has 0 saturated carbocycles. The van der Waals surface area contributed by atoms with Gasteiger partial charge in [0.1, 0.15) is 0 Å². The number of hydrogen-bond acceptors (Lipinski definition) is 4. The van der Waals surface area contributed by atoms with Gasteiger partial charge in [0.05, 0.1) is 32.0 Å². The Morgan fingerprint density at radius 2 is 1.59 bits per heavy atom. The summed E-state index contributed by atoms with van der Waals surface area (Å²) in [4.78, 5) is 12.4. The van der Waals surface area contributed by atoms with Crippen LogP contribution < -0.4 is 19.5 Å². The van der Waals surface area contributed by atoms with E-state index in [0.29, 0.717) is 33.5 Å². The minimum Gasteiger partial charge on any atom is -0.493 e. The fraction of sp³-hybridized carbons (Fsp3) is 0.188. The van der Waals surface area contributed by atoms with Crippen molar-refractivity contribution in [1.29, 1.82) is 0 Å². The van der Waals surface area contributed by atoms with E-state index in [-0.39, 0.29) is 5.91 Å². The number of methoxy groups -OCH3 is 3. The van der Waals surface area contributed by atoms with Gasteiger partial charge in [0.2, 0.25) is 5.75 Å². The molecule has 0 radical (unpaired) electrons. The number of halogens is 1. The first-order valence-corrected chi connectivity index (χ1v) is 6.84. The van der Waals surface area contributed by atoms with Crippen LogP contribution in [0.15, 0.2) is 36.4 Å². The Kier molecular flexibility index (Phi) is 5.12. The van der Waals surface area contributed by atoms with Gasteiger partial charge in [0.25, 0.3) is 5.91 Å². The van der Waals surface area contributed by atoms with E-state index in [1.165, 1.54) is 21.3 Å². The summed E-state index contributed by atoms with van der Waals surface area (Å²) in [5, 5.41) is 3.21. The fourth-order valence-corrected chi connectivity index (χ4v) is 2.15. The number of para-hydroxylation sites is 1. The summed E-state index contributed by atoms with van der Waals surface area (Å²) < 4.78 is 15.7. The highest BCUT2D eigenvalue weighted by Gasteiger charge is 2.17. The number of nitrogens with one attached hydrogen (secondary N) is 1. The zero-order valence-electron chi connectivity index (χ0n) is 12.5. The summed E-state index contributed by atoms with van der Waals surface area (Å²) >= 11 is 6.04. The van der Waals surface area contributed by atoms with E-state index in [4.69, 9.17) is 25.8 Å². The molecule has 2 aromatic rings. The van der Waals surface area contributed by atoms with Crippen molar-refractivity contribution < 1.29 is 19.0 Å². The van der Waals surface area contributed by atoms with E-state index in [1.54, 1.807) is 36.4 Å². The highest BCUT2D eigenvalue weighted by Crippen LogP contribution is 2.38. The molecule has 0 aromatic heterocycles. The minimum atomic E-state index is -0.327. The third-order valence-electron chi connectivity index (χ3n) is 3.05. The number of carbonyl (C=O) groups is 1. The number of anilines is 1. The second-order valence-corrected chi connectivity index (χ2v) is 4.76. The number of carbonyl (C=O) groups excluding carboxylic acids is 1. The SMILES string of the molecule is COc1cc(C(=O)Nc2ccccc2Cl)cc(OC)c1OC. The van der Waals surface area contributed by atoms with Gasteiger partial charge >= 0.3 is 0 Å². The molecule has 0 heterocycles.